The normalized spacial score (nSPS) is 15.3. The number of carbonyl (C=O) groups is 2. The zero-order valence-corrected chi connectivity index (χ0v) is 22.1. The number of allylic oxidation sites excluding steroid dienone is 1. The molecule has 0 bridgehead atoms. The Bertz CT molecular complexity index is 1560. The molecule has 2 heterocycles. The second kappa shape index (κ2) is 11.3. The molecule has 1 atom stereocenters. The van der Waals surface area contributed by atoms with E-state index >= 15 is 0 Å². The first kappa shape index (κ1) is 25.9. The molecule has 0 radical (unpaired) electrons. The highest BCUT2D eigenvalue weighted by Crippen LogP contribution is 2.44. The van der Waals surface area contributed by atoms with Crippen LogP contribution in [0.3, 0.4) is 0 Å². The van der Waals surface area contributed by atoms with Gasteiger partial charge in [-0.1, -0.05) is 84.1 Å². The molecule has 8 nitrogen and oxygen atoms in total. The van der Waals surface area contributed by atoms with Gasteiger partial charge in [0.15, 0.2) is 23.0 Å². The molecule has 1 aromatic heterocycles. The molecule has 0 spiro atoms. The Balaban J connectivity index is 1.52. The third-order valence-corrected chi connectivity index (χ3v) is 7.00. The van der Waals surface area contributed by atoms with E-state index in [0.717, 1.165) is 11.1 Å². The lowest BCUT2D eigenvalue weighted by Gasteiger charge is -2.24. The summed E-state index contributed by atoms with van der Waals surface area (Å²) in [5, 5.41) is 20.0. The van der Waals surface area contributed by atoms with Gasteiger partial charge in [0.2, 0.25) is 5.13 Å². The fraction of sp³-hybridized carbons (Fsp3) is 0.133. The van der Waals surface area contributed by atoms with Gasteiger partial charge in [-0.05, 0) is 41.8 Å². The molecule has 1 unspecified atom stereocenters. The van der Waals surface area contributed by atoms with E-state index in [1.807, 2.05) is 60.7 Å². The molecule has 1 amide bonds. The van der Waals surface area contributed by atoms with E-state index in [9.17, 15) is 14.7 Å². The summed E-state index contributed by atoms with van der Waals surface area (Å²) in [4.78, 5) is 28.0. The molecule has 0 aliphatic carbocycles. The molecule has 5 rings (SSSR count). The van der Waals surface area contributed by atoms with Crippen LogP contribution in [0.4, 0.5) is 5.13 Å². The Kier molecular flexibility index (Phi) is 7.51. The Morgan fingerprint density at radius 3 is 2.41 bits per heavy atom. The number of aryl methyl sites for hydroxylation is 1. The lowest BCUT2D eigenvalue weighted by atomic mass is 9.95. The molecule has 39 heavy (non-hydrogen) atoms. The minimum absolute atomic E-state index is 0.0555. The first-order valence-electron chi connectivity index (χ1n) is 12.1. The number of ether oxygens (including phenoxy) is 2. The first-order chi connectivity index (χ1) is 19.0. The number of benzene rings is 3. The SMILES string of the molecule is COc1cc(C2C(C(=O)/C=C/c3ccccc3)=C(O)C(=O)N2c2nnc(C)s2)ccc1OCc1ccccc1. The van der Waals surface area contributed by atoms with Gasteiger partial charge in [0.05, 0.1) is 18.7 Å². The third-order valence-electron chi connectivity index (χ3n) is 6.16. The average Bonchev–Trinajstić information content (AvgIpc) is 3.51. The smallest absolute Gasteiger partial charge is 0.296 e. The van der Waals surface area contributed by atoms with Crippen molar-refractivity contribution in [2.75, 3.05) is 12.0 Å². The van der Waals surface area contributed by atoms with Gasteiger partial charge >= 0.3 is 0 Å². The number of aliphatic hydroxyl groups excluding tert-OH is 1. The minimum atomic E-state index is -0.949. The molecule has 1 aliphatic rings. The highest BCUT2D eigenvalue weighted by atomic mass is 32.1. The van der Waals surface area contributed by atoms with E-state index in [1.165, 1.54) is 29.4 Å². The highest BCUT2D eigenvalue weighted by molar-refractivity contribution is 7.15. The number of rotatable bonds is 9. The number of ketones is 1. The largest absolute Gasteiger partial charge is 0.503 e. The molecule has 0 fully saturated rings. The van der Waals surface area contributed by atoms with Crippen molar-refractivity contribution >= 4 is 34.2 Å². The summed E-state index contributed by atoms with van der Waals surface area (Å²) in [6, 6.07) is 23.2. The van der Waals surface area contributed by atoms with Crippen LogP contribution in [-0.2, 0) is 16.2 Å². The summed E-state index contributed by atoms with van der Waals surface area (Å²) in [6.45, 7) is 2.10. The average molecular weight is 540 g/mol. The van der Waals surface area contributed by atoms with Crippen LogP contribution in [0.5, 0.6) is 11.5 Å². The van der Waals surface area contributed by atoms with Gasteiger partial charge < -0.3 is 14.6 Å². The lowest BCUT2D eigenvalue weighted by Crippen LogP contribution is -2.30. The minimum Gasteiger partial charge on any atom is -0.503 e. The summed E-state index contributed by atoms with van der Waals surface area (Å²) < 4.78 is 11.6. The zero-order chi connectivity index (χ0) is 27.4. The van der Waals surface area contributed by atoms with Gasteiger partial charge in [-0.25, -0.2) is 0 Å². The quantitative estimate of drug-likeness (QED) is 0.276. The predicted octanol–water partition coefficient (Wildman–Crippen LogP) is 5.62. The first-order valence-corrected chi connectivity index (χ1v) is 13.0. The van der Waals surface area contributed by atoms with Crippen molar-refractivity contribution in [2.24, 2.45) is 0 Å². The van der Waals surface area contributed by atoms with Gasteiger partial charge in [0.1, 0.15) is 11.6 Å². The maximum absolute atomic E-state index is 13.4. The number of aromatic nitrogens is 2. The fourth-order valence-electron chi connectivity index (χ4n) is 4.29. The van der Waals surface area contributed by atoms with Crippen LogP contribution in [0.2, 0.25) is 0 Å². The molecular weight excluding hydrogens is 514 g/mol. The Labute approximate surface area is 229 Å². The van der Waals surface area contributed by atoms with E-state index in [-0.39, 0.29) is 10.7 Å². The van der Waals surface area contributed by atoms with Crippen LogP contribution >= 0.6 is 11.3 Å². The second-order valence-corrected chi connectivity index (χ2v) is 9.90. The highest BCUT2D eigenvalue weighted by Gasteiger charge is 2.45. The van der Waals surface area contributed by atoms with Crippen LogP contribution in [0.25, 0.3) is 6.08 Å². The van der Waals surface area contributed by atoms with Crippen molar-refractivity contribution in [3.05, 3.63) is 118 Å². The Hall–Kier alpha value is -4.76. The maximum Gasteiger partial charge on any atom is 0.296 e. The fourth-order valence-corrected chi connectivity index (χ4v) is 5.00. The Morgan fingerprint density at radius 1 is 1.03 bits per heavy atom. The summed E-state index contributed by atoms with van der Waals surface area (Å²) in [6.07, 6.45) is 2.99. The molecule has 196 valence electrons. The summed E-state index contributed by atoms with van der Waals surface area (Å²) >= 11 is 1.19. The van der Waals surface area contributed by atoms with Crippen molar-refractivity contribution in [3.63, 3.8) is 0 Å². The molecule has 4 aromatic rings. The van der Waals surface area contributed by atoms with Crippen LogP contribution in [-0.4, -0.2) is 34.1 Å². The Morgan fingerprint density at radius 2 is 1.74 bits per heavy atom. The standard InChI is InChI=1S/C30H25N3O5S/c1-19-31-32-30(39-19)33-27(26(28(35)29(33)36)23(34)15-13-20-9-5-3-6-10-20)22-14-16-24(25(17-22)37-2)38-18-21-11-7-4-8-12-21/h3-17,27,35H,18H2,1-2H3/b15-13+. The lowest BCUT2D eigenvalue weighted by molar-refractivity contribution is -0.117. The van der Waals surface area contributed by atoms with Gasteiger partial charge in [-0.3, -0.25) is 14.5 Å². The number of hydrogen-bond donors (Lipinski definition) is 1. The van der Waals surface area contributed by atoms with E-state index in [2.05, 4.69) is 10.2 Å². The maximum atomic E-state index is 13.4. The monoisotopic (exact) mass is 539 g/mol. The second-order valence-electron chi connectivity index (χ2n) is 8.74. The van der Waals surface area contributed by atoms with Crippen molar-refractivity contribution in [1.82, 2.24) is 10.2 Å². The molecule has 0 saturated carbocycles. The van der Waals surface area contributed by atoms with Crippen LogP contribution in [0.1, 0.15) is 27.7 Å². The van der Waals surface area contributed by atoms with Gasteiger partial charge in [-0.15, -0.1) is 10.2 Å². The van der Waals surface area contributed by atoms with Crippen LogP contribution < -0.4 is 14.4 Å². The number of amides is 1. The molecule has 0 saturated heterocycles. The number of aliphatic hydroxyl groups is 1. The van der Waals surface area contributed by atoms with Crippen molar-refractivity contribution in [2.45, 2.75) is 19.6 Å². The van der Waals surface area contributed by atoms with Crippen LogP contribution in [0.15, 0.2) is 96.3 Å². The van der Waals surface area contributed by atoms with Crippen molar-refractivity contribution in [1.29, 1.82) is 0 Å². The van der Waals surface area contributed by atoms with Gasteiger partial charge in [0.25, 0.3) is 5.91 Å². The van der Waals surface area contributed by atoms with Gasteiger partial charge in [0, 0.05) is 0 Å². The number of methoxy groups -OCH3 is 1. The molecule has 3 aromatic carbocycles. The van der Waals surface area contributed by atoms with E-state index in [1.54, 1.807) is 31.2 Å². The molecule has 9 heteroatoms. The molecule has 1 N–H and O–H groups in total. The zero-order valence-electron chi connectivity index (χ0n) is 21.3. The van der Waals surface area contributed by atoms with E-state index < -0.39 is 23.5 Å². The predicted molar refractivity (Wildman–Crippen MR) is 149 cm³/mol. The number of nitrogens with zero attached hydrogens (tertiary/aromatic N) is 3. The number of carbonyl (C=O) groups excluding carboxylic acids is 2. The summed E-state index contributed by atoms with van der Waals surface area (Å²) in [7, 11) is 1.52. The van der Waals surface area contributed by atoms with Gasteiger partial charge in [-0.2, -0.15) is 0 Å². The number of hydrogen-bond acceptors (Lipinski definition) is 8. The topological polar surface area (TPSA) is 102 Å². The van der Waals surface area contributed by atoms with Crippen LogP contribution in [0, 0.1) is 6.92 Å². The summed E-state index contributed by atoms with van der Waals surface area (Å²) in [5.74, 6) is -0.934. The van der Waals surface area contributed by atoms with Crippen molar-refractivity contribution in [3.8, 4) is 11.5 Å². The van der Waals surface area contributed by atoms with E-state index in [0.29, 0.717) is 28.7 Å². The number of anilines is 1. The third kappa shape index (κ3) is 5.44. The molecule has 1 aliphatic heterocycles. The van der Waals surface area contributed by atoms with Crippen molar-refractivity contribution < 1.29 is 24.2 Å². The summed E-state index contributed by atoms with van der Waals surface area (Å²) in [5.41, 5.74) is 2.29. The van der Waals surface area contributed by atoms with E-state index in [4.69, 9.17) is 9.47 Å². The molecular formula is C30H25N3O5S.